The van der Waals surface area contributed by atoms with E-state index in [0.717, 1.165) is 29.0 Å². The summed E-state index contributed by atoms with van der Waals surface area (Å²) in [5, 5.41) is 4.21. The van der Waals surface area contributed by atoms with Gasteiger partial charge in [-0.3, -0.25) is 4.79 Å². The number of thiazole rings is 1. The Bertz CT molecular complexity index is 1580. The smallest absolute Gasteiger partial charge is 0.416 e. The standard InChI is InChI=1S/C24H16F3N3O3S/c1-14-5-7-17(8-6-14)32-13-21-28-23-30(29-21)22(31)20(34-23)12-18-9-10-19(33-18)15-3-2-4-16(11-15)24(25,26)27/h2-12H,13H2,1H3. The van der Waals surface area contributed by atoms with E-state index in [4.69, 9.17) is 9.15 Å². The van der Waals surface area contributed by atoms with Gasteiger partial charge in [0, 0.05) is 11.6 Å². The molecule has 0 aliphatic heterocycles. The third kappa shape index (κ3) is 4.44. The first kappa shape index (κ1) is 21.9. The van der Waals surface area contributed by atoms with Gasteiger partial charge in [0.2, 0.25) is 4.96 Å². The van der Waals surface area contributed by atoms with Gasteiger partial charge in [-0.2, -0.15) is 22.7 Å². The van der Waals surface area contributed by atoms with E-state index in [1.807, 2.05) is 31.2 Å². The highest BCUT2D eigenvalue weighted by molar-refractivity contribution is 7.15. The summed E-state index contributed by atoms with van der Waals surface area (Å²) in [6.07, 6.45) is -2.93. The number of fused-ring (bicyclic) bond motifs is 1. The monoisotopic (exact) mass is 483 g/mol. The van der Waals surface area contributed by atoms with Crippen molar-refractivity contribution in [2.75, 3.05) is 0 Å². The Balaban J connectivity index is 1.37. The minimum Gasteiger partial charge on any atom is -0.486 e. The zero-order chi connectivity index (χ0) is 23.9. The number of alkyl halides is 3. The number of aromatic nitrogens is 3. The molecule has 3 aromatic heterocycles. The lowest BCUT2D eigenvalue weighted by Gasteiger charge is -2.07. The Hall–Kier alpha value is -3.92. The van der Waals surface area contributed by atoms with E-state index in [2.05, 4.69) is 10.1 Å². The molecule has 10 heteroatoms. The molecule has 0 unspecified atom stereocenters. The zero-order valence-electron chi connectivity index (χ0n) is 17.7. The summed E-state index contributed by atoms with van der Waals surface area (Å²) in [5.41, 5.74) is 0.275. The van der Waals surface area contributed by atoms with Crippen molar-refractivity contribution in [1.82, 2.24) is 14.6 Å². The number of nitrogens with zero attached hydrogens (tertiary/aromatic N) is 3. The van der Waals surface area contributed by atoms with Crippen LogP contribution >= 0.6 is 11.3 Å². The zero-order valence-corrected chi connectivity index (χ0v) is 18.5. The number of halogens is 3. The fourth-order valence-electron chi connectivity index (χ4n) is 3.28. The van der Waals surface area contributed by atoms with Crippen LogP contribution in [-0.2, 0) is 12.8 Å². The highest BCUT2D eigenvalue weighted by atomic mass is 32.1. The van der Waals surface area contributed by atoms with Crippen molar-refractivity contribution in [3.8, 4) is 17.1 Å². The molecule has 0 amide bonds. The minimum absolute atomic E-state index is 0.120. The molecule has 0 N–H and O–H groups in total. The molecule has 0 bridgehead atoms. The molecular formula is C24H16F3N3O3S. The molecular weight excluding hydrogens is 467 g/mol. The Morgan fingerprint density at radius 3 is 2.65 bits per heavy atom. The van der Waals surface area contributed by atoms with Gasteiger partial charge in [-0.05, 0) is 43.3 Å². The van der Waals surface area contributed by atoms with Crippen molar-refractivity contribution in [3.63, 3.8) is 0 Å². The Morgan fingerprint density at radius 1 is 1.12 bits per heavy atom. The maximum atomic E-state index is 13.0. The van der Waals surface area contributed by atoms with Gasteiger partial charge in [0.05, 0.1) is 5.56 Å². The van der Waals surface area contributed by atoms with Gasteiger partial charge in [0.25, 0.3) is 5.56 Å². The second-order valence-electron chi connectivity index (χ2n) is 7.52. The summed E-state index contributed by atoms with van der Waals surface area (Å²) < 4.78 is 51.8. The van der Waals surface area contributed by atoms with Crippen LogP contribution in [0.25, 0.3) is 22.4 Å². The van der Waals surface area contributed by atoms with Crippen molar-refractivity contribution in [3.05, 3.63) is 98.3 Å². The molecule has 34 heavy (non-hydrogen) atoms. The Labute approximate surface area is 194 Å². The number of aryl methyl sites for hydroxylation is 1. The number of hydrogen-bond acceptors (Lipinski definition) is 6. The molecule has 3 heterocycles. The van der Waals surface area contributed by atoms with Crippen LogP contribution < -0.4 is 14.8 Å². The van der Waals surface area contributed by atoms with Crippen molar-refractivity contribution in [2.45, 2.75) is 19.7 Å². The minimum atomic E-state index is -4.45. The largest absolute Gasteiger partial charge is 0.486 e. The molecule has 5 rings (SSSR count). The quantitative estimate of drug-likeness (QED) is 0.357. The first-order valence-corrected chi connectivity index (χ1v) is 10.9. The van der Waals surface area contributed by atoms with Crippen molar-refractivity contribution in [2.24, 2.45) is 0 Å². The van der Waals surface area contributed by atoms with Gasteiger partial charge in [0.15, 0.2) is 5.82 Å². The molecule has 172 valence electrons. The number of ether oxygens (including phenoxy) is 1. The van der Waals surface area contributed by atoms with Crippen LogP contribution in [-0.4, -0.2) is 14.6 Å². The SMILES string of the molecule is Cc1ccc(OCc2nc3sc(=Cc4ccc(-c5cccc(C(F)(F)F)c5)o4)c(=O)n3n2)cc1. The maximum absolute atomic E-state index is 13.0. The highest BCUT2D eigenvalue weighted by Crippen LogP contribution is 2.32. The van der Waals surface area contributed by atoms with E-state index >= 15 is 0 Å². The average molecular weight is 483 g/mol. The van der Waals surface area contributed by atoms with Crippen LogP contribution in [0.4, 0.5) is 13.2 Å². The lowest BCUT2D eigenvalue weighted by Crippen LogP contribution is -2.23. The topological polar surface area (TPSA) is 69.6 Å². The van der Waals surface area contributed by atoms with Gasteiger partial charge in [0.1, 0.15) is 28.4 Å². The third-order valence-electron chi connectivity index (χ3n) is 4.99. The van der Waals surface area contributed by atoms with Crippen LogP contribution in [0.15, 0.2) is 69.9 Å². The molecule has 5 aromatic rings. The van der Waals surface area contributed by atoms with Crippen LogP contribution in [0, 0.1) is 6.92 Å². The summed E-state index contributed by atoms with van der Waals surface area (Å²) in [6.45, 7) is 2.10. The molecule has 0 fully saturated rings. The molecule has 0 aliphatic carbocycles. The number of hydrogen-bond donors (Lipinski definition) is 0. The van der Waals surface area contributed by atoms with Crippen LogP contribution in [0.3, 0.4) is 0 Å². The predicted octanol–water partition coefficient (Wildman–Crippen LogP) is 4.86. The lowest BCUT2D eigenvalue weighted by atomic mass is 10.1. The molecule has 2 aromatic carbocycles. The van der Waals surface area contributed by atoms with E-state index in [1.54, 1.807) is 12.1 Å². The molecule has 0 radical (unpaired) electrons. The molecule has 6 nitrogen and oxygen atoms in total. The van der Waals surface area contributed by atoms with Crippen molar-refractivity contribution < 1.29 is 22.3 Å². The van der Waals surface area contributed by atoms with E-state index in [-0.39, 0.29) is 23.5 Å². The molecule has 0 spiro atoms. The summed E-state index contributed by atoms with van der Waals surface area (Å²) in [5.74, 6) is 1.64. The second kappa shape index (κ2) is 8.45. The van der Waals surface area contributed by atoms with Crippen LogP contribution in [0.5, 0.6) is 5.75 Å². The summed E-state index contributed by atoms with van der Waals surface area (Å²) in [4.78, 5) is 17.5. The fourth-order valence-corrected chi connectivity index (χ4v) is 4.19. The van der Waals surface area contributed by atoms with Gasteiger partial charge in [-0.1, -0.05) is 41.2 Å². The van der Waals surface area contributed by atoms with Crippen LogP contribution in [0.2, 0.25) is 0 Å². The van der Waals surface area contributed by atoms with E-state index in [0.29, 0.717) is 26.8 Å². The number of benzene rings is 2. The van der Waals surface area contributed by atoms with E-state index < -0.39 is 11.7 Å². The lowest BCUT2D eigenvalue weighted by molar-refractivity contribution is -0.137. The Morgan fingerprint density at radius 2 is 1.91 bits per heavy atom. The first-order chi connectivity index (χ1) is 16.3. The summed E-state index contributed by atoms with van der Waals surface area (Å²) in [6, 6.07) is 15.6. The Kier molecular flexibility index (Phi) is 5.45. The van der Waals surface area contributed by atoms with E-state index in [1.165, 1.54) is 22.7 Å². The van der Waals surface area contributed by atoms with Gasteiger partial charge in [-0.25, -0.2) is 0 Å². The van der Waals surface area contributed by atoms with Crippen molar-refractivity contribution in [1.29, 1.82) is 0 Å². The van der Waals surface area contributed by atoms with E-state index in [9.17, 15) is 18.0 Å². The summed E-state index contributed by atoms with van der Waals surface area (Å²) in [7, 11) is 0. The number of rotatable bonds is 5. The van der Waals surface area contributed by atoms with Gasteiger partial charge < -0.3 is 9.15 Å². The molecule has 0 saturated heterocycles. The summed E-state index contributed by atoms with van der Waals surface area (Å²) >= 11 is 1.13. The average Bonchev–Trinajstić information content (AvgIpc) is 3.50. The second-order valence-corrected chi connectivity index (χ2v) is 8.53. The fraction of sp³-hybridized carbons (Fsp3) is 0.125. The molecule has 0 saturated carbocycles. The third-order valence-corrected chi connectivity index (χ3v) is 5.95. The van der Waals surface area contributed by atoms with Gasteiger partial charge in [-0.15, -0.1) is 5.10 Å². The van der Waals surface area contributed by atoms with Gasteiger partial charge >= 0.3 is 6.18 Å². The van der Waals surface area contributed by atoms with Crippen molar-refractivity contribution >= 4 is 22.4 Å². The first-order valence-electron chi connectivity index (χ1n) is 10.1. The number of furan rings is 1. The molecule has 0 atom stereocenters. The molecule has 0 aliphatic rings. The highest BCUT2D eigenvalue weighted by Gasteiger charge is 2.30. The van der Waals surface area contributed by atoms with Crippen LogP contribution in [0.1, 0.15) is 22.7 Å². The predicted molar refractivity (Wildman–Crippen MR) is 121 cm³/mol. The normalized spacial score (nSPS) is 12.5. The maximum Gasteiger partial charge on any atom is 0.416 e.